The van der Waals surface area contributed by atoms with E-state index in [1.54, 1.807) is 0 Å². The highest BCUT2D eigenvalue weighted by Gasteiger charge is 2.19. The van der Waals surface area contributed by atoms with Crippen molar-refractivity contribution in [1.82, 2.24) is 15.2 Å². The summed E-state index contributed by atoms with van der Waals surface area (Å²) in [6.45, 7) is 8.83. The van der Waals surface area contributed by atoms with E-state index in [4.69, 9.17) is 12.2 Å². The van der Waals surface area contributed by atoms with Crippen molar-refractivity contribution in [2.45, 2.75) is 40.0 Å². The Labute approximate surface area is 119 Å². The summed E-state index contributed by atoms with van der Waals surface area (Å²) in [5, 5.41) is 5.92. The molecule has 0 saturated carbocycles. The number of nitrogens with one attached hydrogen (secondary N) is 2. The lowest BCUT2D eigenvalue weighted by Gasteiger charge is -2.22. The van der Waals surface area contributed by atoms with E-state index in [9.17, 15) is 0 Å². The maximum Gasteiger partial charge on any atom is 0.213 e. The number of aryl methyl sites for hydroxylation is 2. The molecule has 2 N–H and O–H groups in total. The van der Waals surface area contributed by atoms with Gasteiger partial charge in [0.2, 0.25) is 4.77 Å². The van der Waals surface area contributed by atoms with Gasteiger partial charge in [-0.15, -0.1) is 0 Å². The van der Waals surface area contributed by atoms with Crippen molar-refractivity contribution < 1.29 is 0 Å². The molecule has 1 heterocycles. The number of aromatic nitrogens is 3. The van der Waals surface area contributed by atoms with Crippen molar-refractivity contribution in [2.24, 2.45) is 5.92 Å². The third-order valence-corrected chi connectivity index (χ3v) is 3.79. The Bertz CT molecular complexity index is 610. The van der Waals surface area contributed by atoms with Gasteiger partial charge in [-0.05, 0) is 49.0 Å². The molecule has 0 aliphatic rings. The van der Waals surface area contributed by atoms with Gasteiger partial charge in [0, 0.05) is 6.42 Å². The maximum absolute atomic E-state index is 5.01. The minimum atomic E-state index is 0.453. The number of hydrogen-bond acceptors (Lipinski definition) is 2. The number of H-pyrrole nitrogens is 2. The summed E-state index contributed by atoms with van der Waals surface area (Å²) in [4.78, 5) is 4.31. The summed E-state index contributed by atoms with van der Waals surface area (Å²) in [7, 11) is 0. The molecular formula is C15H21N3S. The summed E-state index contributed by atoms with van der Waals surface area (Å²) in [5.41, 5.74) is 4.07. The zero-order chi connectivity index (χ0) is 14.0. The molecule has 19 heavy (non-hydrogen) atoms. The molecule has 1 atom stereocenters. The fourth-order valence-corrected chi connectivity index (χ4v) is 2.72. The second-order valence-corrected chi connectivity index (χ2v) is 5.92. The van der Waals surface area contributed by atoms with Crippen LogP contribution in [0.5, 0.6) is 0 Å². The quantitative estimate of drug-likeness (QED) is 0.826. The first kappa shape index (κ1) is 14.0. The maximum atomic E-state index is 5.01. The Morgan fingerprint density at radius 1 is 1.21 bits per heavy atom. The predicted molar refractivity (Wildman–Crippen MR) is 81.0 cm³/mol. The molecule has 0 bridgehead atoms. The van der Waals surface area contributed by atoms with Crippen molar-refractivity contribution >= 4 is 12.2 Å². The zero-order valence-electron chi connectivity index (χ0n) is 11.9. The van der Waals surface area contributed by atoms with Crippen LogP contribution in [-0.2, 0) is 6.42 Å². The Morgan fingerprint density at radius 3 is 2.47 bits per heavy atom. The smallest absolute Gasteiger partial charge is 0.213 e. The average molecular weight is 275 g/mol. The molecule has 1 unspecified atom stereocenters. The molecule has 0 spiro atoms. The normalized spacial score (nSPS) is 12.9. The average Bonchev–Trinajstić information content (AvgIpc) is 2.72. The Kier molecular flexibility index (Phi) is 4.20. The molecule has 4 heteroatoms. The van der Waals surface area contributed by atoms with Crippen LogP contribution in [0.3, 0.4) is 0 Å². The highest BCUT2D eigenvalue weighted by atomic mass is 32.1. The molecule has 1 aromatic carbocycles. The van der Waals surface area contributed by atoms with Crippen LogP contribution in [0, 0.1) is 24.5 Å². The van der Waals surface area contributed by atoms with E-state index in [2.05, 4.69) is 61.1 Å². The van der Waals surface area contributed by atoms with Crippen molar-refractivity contribution in [3.63, 3.8) is 0 Å². The number of aromatic amines is 2. The summed E-state index contributed by atoms with van der Waals surface area (Å²) < 4.78 is 0.526. The fourth-order valence-electron chi connectivity index (χ4n) is 2.56. The predicted octanol–water partition coefficient (Wildman–Crippen LogP) is 4.07. The lowest BCUT2D eigenvalue weighted by Crippen LogP contribution is -2.12. The van der Waals surface area contributed by atoms with Crippen molar-refractivity contribution in [3.8, 4) is 0 Å². The van der Waals surface area contributed by atoms with E-state index in [1.807, 2.05) is 0 Å². The second-order valence-electron chi connectivity index (χ2n) is 5.53. The highest BCUT2D eigenvalue weighted by Crippen LogP contribution is 2.30. The molecule has 1 aromatic heterocycles. The molecule has 0 saturated heterocycles. The number of hydrogen-bond donors (Lipinski definition) is 2. The van der Waals surface area contributed by atoms with Crippen LogP contribution in [0.2, 0.25) is 0 Å². The van der Waals surface area contributed by atoms with Gasteiger partial charge in [-0.2, -0.15) is 0 Å². The SMILES string of the molecule is Cc1ccc(C(Cc2nc(=S)[nH][nH]2)C(C)C)c(C)c1. The van der Waals surface area contributed by atoms with Crippen LogP contribution in [0.1, 0.15) is 42.3 Å². The fraction of sp³-hybridized carbons (Fsp3) is 0.467. The minimum absolute atomic E-state index is 0.453. The molecule has 0 radical (unpaired) electrons. The van der Waals surface area contributed by atoms with Gasteiger partial charge in [0.25, 0.3) is 0 Å². The molecule has 0 fully saturated rings. The first-order valence-corrected chi connectivity index (χ1v) is 7.09. The number of benzene rings is 1. The van der Waals surface area contributed by atoms with E-state index >= 15 is 0 Å². The topological polar surface area (TPSA) is 44.5 Å². The second kappa shape index (κ2) is 5.70. The summed E-state index contributed by atoms with van der Waals surface area (Å²) in [6.07, 6.45) is 0.884. The molecular weight excluding hydrogens is 254 g/mol. The van der Waals surface area contributed by atoms with Crippen molar-refractivity contribution in [3.05, 3.63) is 45.5 Å². The van der Waals surface area contributed by atoms with Crippen LogP contribution in [0.15, 0.2) is 18.2 Å². The standard InChI is InChI=1S/C15H21N3S/c1-9(2)13(8-14-16-15(19)18-17-14)12-6-5-10(3)7-11(12)4/h5-7,9,13H,8H2,1-4H3,(H2,16,17,18,19). The molecule has 2 rings (SSSR count). The summed E-state index contributed by atoms with van der Waals surface area (Å²) >= 11 is 5.01. The molecule has 0 amide bonds. The van der Waals surface area contributed by atoms with Gasteiger partial charge in [-0.25, -0.2) is 4.98 Å². The van der Waals surface area contributed by atoms with Gasteiger partial charge in [-0.1, -0.05) is 37.6 Å². The number of rotatable bonds is 4. The molecule has 0 aliphatic carbocycles. The van der Waals surface area contributed by atoms with E-state index in [1.165, 1.54) is 16.7 Å². The Morgan fingerprint density at radius 2 is 1.95 bits per heavy atom. The van der Waals surface area contributed by atoms with E-state index in [0.29, 0.717) is 16.6 Å². The summed E-state index contributed by atoms with van der Waals surface area (Å²) in [6, 6.07) is 6.68. The van der Waals surface area contributed by atoms with E-state index in [0.717, 1.165) is 12.2 Å². The van der Waals surface area contributed by atoms with Crippen LogP contribution in [-0.4, -0.2) is 15.2 Å². The van der Waals surface area contributed by atoms with Crippen molar-refractivity contribution in [1.29, 1.82) is 0 Å². The van der Waals surface area contributed by atoms with Gasteiger partial charge in [0.15, 0.2) is 0 Å². The highest BCUT2D eigenvalue weighted by molar-refractivity contribution is 7.71. The van der Waals surface area contributed by atoms with Crippen LogP contribution >= 0.6 is 12.2 Å². The van der Waals surface area contributed by atoms with E-state index < -0.39 is 0 Å². The lowest BCUT2D eigenvalue weighted by atomic mass is 9.83. The van der Waals surface area contributed by atoms with Gasteiger partial charge < -0.3 is 0 Å². The third-order valence-electron chi connectivity index (χ3n) is 3.59. The third kappa shape index (κ3) is 3.32. The first-order valence-electron chi connectivity index (χ1n) is 6.68. The van der Waals surface area contributed by atoms with Crippen molar-refractivity contribution in [2.75, 3.05) is 0 Å². The van der Waals surface area contributed by atoms with Gasteiger partial charge >= 0.3 is 0 Å². The van der Waals surface area contributed by atoms with Crippen LogP contribution in [0.4, 0.5) is 0 Å². The summed E-state index contributed by atoms with van der Waals surface area (Å²) in [5.74, 6) is 1.94. The Hall–Kier alpha value is -1.42. The van der Waals surface area contributed by atoms with Gasteiger partial charge in [-0.3, -0.25) is 10.2 Å². The van der Waals surface area contributed by atoms with E-state index in [-0.39, 0.29) is 0 Å². The molecule has 0 aliphatic heterocycles. The minimum Gasteiger partial charge on any atom is -0.286 e. The zero-order valence-corrected chi connectivity index (χ0v) is 12.8. The first-order chi connectivity index (χ1) is 8.97. The monoisotopic (exact) mass is 275 g/mol. The van der Waals surface area contributed by atoms with Gasteiger partial charge in [0.1, 0.15) is 5.82 Å². The van der Waals surface area contributed by atoms with Gasteiger partial charge in [0.05, 0.1) is 0 Å². The molecule has 102 valence electrons. The Balaban J connectivity index is 2.32. The lowest BCUT2D eigenvalue weighted by molar-refractivity contribution is 0.484. The van der Waals surface area contributed by atoms with Crippen LogP contribution in [0.25, 0.3) is 0 Å². The van der Waals surface area contributed by atoms with Crippen LogP contribution < -0.4 is 0 Å². The number of nitrogens with zero attached hydrogens (tertiary/aromatic N) is 1. The molecule has 2 aromatic rings. The molecule has 3 nitrogen and oxygen atoms in total. The largest absolute Gasteiger partial charge is 0.286 e.